The molecule has 7 atom stereocenters. The molecule has 2 N–H and O–H groups in total. The van der Waals surface area contributed by atoms with E-state index >= 15 is 0 Å². The molecule has 1 unspecified atom stereocenters. The summed E-state index contributed by atoms with van der Waals surface area (Å²) < 4.78 is 5.89. The topological polar surface area (TPSA) is 51.0 Å². The highest BCUT2D eigenvalue weighted by Crippen LogP contribution is 2.56. The zero-order valence-corrected chi connectivity index (χ0v) is 15.6. The fourth-order valence-electron chi connectivity index (χ4n) is 6.41. The van der Waals surface area contributed by atoms with Crippen LogP contribution in [0.1, 0.15) is 58.3 Å². The molecule has 4 fully saturated rings. The quantitative estimate of drug-likeness (QED) is 0.603. The van der Waals surface area contributed by atoms with Gasteiger partial charge in [0.15, 0.2) is 0 Å². The lowest BCUT2D eigenvalue weighted by molar-refractivity contribution is -0.933. The highest BCUT2D eigenvalue weighted by molar-refractivity contribution is 5.75. The van der Waals surface area contributed by atoms with Gasteiger partial charge in [0.2, 0.25) is 0 Å². The summed E-state index contributed by atoms with van der Waals surface area (Å²) in [6.45, 7) is 8.94. The van der Waals surface area contributed by atoms with Gasteiger partial charge in [0.1, 0.15) is 18.1 Å². The molecular formula is C21H34NO3+. The van der Waals surface area contributed by atoms with Crippen LogP contribution in [0.4, 0.5) is 0 Å². The monoisotopic (exact) mass is 348 g/mol. The molecule has 0 aromatic rings. The van der Waals surface area contributed by atoms with Crippen LogP contribution in [0.25, 0.3) is 0 Å². The Bertz CT molecular complexity index is 547. The van der Waals surface area contributed by atoms with Crippen LogP contribution in [0.3, 0.4) is 0 Å². The number of piperidine rings is 1. The first kappa shape index (κ1) is 17.5. The minimum Gasteiger partial charge on any atom is -0.462 e. The molecule has 2 aliphatic carbocycles. The fraction of sp³-hybridized carbons (Fsp3) is 0.857. The smallest absolute Gasteiger partial charge is 0.315 e. The van der Waals surface area contributed by atoms with E-state index in [0.29, 0.717) is 17.9 Å². The molecular weight excluding hydrogens is 314 g/mol. The Hall–Kier alpha value is -0.870. The first-order valence-electron chi connectivity index (χ1n) is 10.4. The lowest BCUT2D eigenvalue weighted by Gasteiger charge is -2.50. The van der Waals surface area contributed by atoms with Crippen molar-refractivity contribution in [3.63, 3.8) is 0 Å². The molecule has 2 saturated heterocycles. The van der Waals surface area contributed by atoms with Gasteiger partial charge < -0.3 is 14.7 Å². The number of aliphatic hydroxyl groups is 1. The summed E-state index contributed by atoms with van der Waals surface area (Å²) in [5.41, 5.74) is 1.68. The summed E-state index contributed by atoms with van der Waals surface area (Å²) >= 11 is 0. The fourth-order valence-corrected chi connectivity index (χ4v) is 6.41. The van der Waals surface area contributed by atoms with E-state index in [4.69, 9.17) is 4.74 Å². The van der Waals surface area contributed by atoms with Crippen molar-refractivity contribution < 1.29 is 19.5 Å². The molecule has 0 aromatic heterocycles. The predicted octanol–water partition coefficient (Wildman–Crippen LogP) is 1.73. The first-order chi connectivity index (χ1) is 12.0. The second-order valence-corrected chi connectivity index (χ2v) is 9.39. The number of allylic oxidation sites excluding steroid dienone is 1. The van der Waals surface area contributed by atoms with Crippen molar-refractivity contribution in [2.75, 3.05) is 19.7 Å². The minimum absolute atomic E-state index is 0.0198. The van der Waals surface area contributed by atoms with Gasteiger partial charge in [-0.15, -0.1) is 0 Å². The number of ether oxygens (including phenoxy) is 1. The summed E-state index contributed by atoms with van der Waals surface area (Å²) in [6.07, 6.45) is 9.33. The molecule has 25 heavy (non-hydrogen) atoms. The van der Waals surface area contributed by atoms with Crippen molar-refractivity contribution in [3.8, 4) is 0 Å². The minimum atomic E-state index is 0.0198. The summed E-state index contributed by atoms with van der Waals surface area (Å²) in [4.78, 5) is 14.1. The Kier molecular flexibility index (Phi) is 4.70. The van der Waals surface area contributed by atoms with Gasteiger partial charge in [-0.05, 0) is 56.3 Å². The highest BCUT2D eigenvalue weighted by Gasteiger charge is 2.56. The molecule has 2 saturated carbocycles. The number of likely N-dealkylation sites (tertiary alicyclic amines) is 1. The van der Waals surface area contributed by atoms with E-state index in [0.717, 1.165) is 38.8 Å². The molecule has 2 heterocycles. The van der Waals surface area contributed by atoms with Crippen LogP contribution in [0, 0.1) is 23.2 Å². The van der Waals surface area contributed by atoms with Crippen LogP contribution in [0.5, 0.6) is 0 Å². The molecule has 0 amide bonds. The first-order valence-corrected chi connectivity index (χ1v) is 10.4. The van der Waals surface area contributed by atoms with E-state index in [9.17, 15) is 9.90 Å². The molecule has 140 valence electrons. The molecule has 4 nitrogen and oxygen atoms in total. The summed E-state index contributed by atoms with van der Waals surface area (Å²) in [5.74, 6) is 0.961. The summed E-state index contributed by atoms with van der Waals surface area (Å²) in [6, 6.07) is 0.305. The molecule has 4 aliphatic rings. The standard InChI is InChI=1S/C21H33NO3/c1-14-6-5-8-21(2)11-19-16(10-18(14)21)17(20(24)25-19)12-22-9-4-3-7-15(22)13-23/h15-19,23H,1,3-13H2,2H3/p+1/t15-,16+,17+,18-,19-,21+/m1/s1. The zero-order valence-electron chi connectivity index (χ0n) is 15.6. The number of carbonyl (C=O) groups excluding carboxylic acids is 1. The molecule has 2 aliphatic heterocycles. The predicted molar refractivity (Wildman–Crippen MR) is 96.1 cm³/mol. The Morgan fingerprint density at radius 2 is 2.20 bits per heavy atom. The van der Waals surface area contributed by atoms with Crippen molar-refractivity contribution in [3.05, 3.63) is 12.2 Å². The second-order valence-electron chi connectivity index (χ2n) is 9.39. The SMILES string of the molecule is C=C1CCC[C@@]2(C)C[C@H]3OC(=O)[C@@H](C[NH+]4CCCC[C@@H]4CO)[C@@H]3C[C@H]12. The van der Waals surface area contributed by atoms with Crippen molar-refractivity contribution in [1.82, 2.24) is 0 Å². The molecule has 0 bridgehead atoms. The molecule has 0 aromatic carbocycles. The Balaban J connectivity index is 1.51. The maximum Gasteiger partial charge on any atom is 0.315 e. The van der Waals surface area contributed by atoms with E-state index in [1.54, 1.807) is 0 Å². The van der Waals surface area contributed by atoms with Gasteiger partial charge in [-0.25, -0.2) is 0 Å². The van der Waals surface area contributed by atoms with E-state index in [-0.39, 0.29) is 30.0 Å². The number of rotatable bonds is 3. The second kappa shape index (κ2) is 6.70. The van der Waals surface area contributed by atoms with Crippen LogP contribution in [0.2, 0.25) is 0 Å². The number of fused-ring (bicyclic) bond motifs is 2. The number of nitrogens with one attached hydrogen (secondary N) is 1. The third-order valence-electron chi connectivity index (χ3n) is 7.90. The van der Waals surface area contributed by atoms with Crippen molar-refractivity contribution in [2.24, 2.45) is 23.2 Å². The van der Waals surface area contributed by atoms with Gasteiger partial charge >= 0.3 is 5.97 Å². The van der Waals surface area contributed by atoms with Crippen LogP contribution in [0.15, 0.2) is 12.2 Å². The summed E-state index contributed by atoms with van der Waals surface area (Å²) in [7, 11) is 0. The highest BCUT2D eigenvalue weighted by atomic mass is 16.6. The van der Waals surface area contributed by atoms with Gasteiger partial charge in [0, 0.05) is 12.3 Å². The van der Waals surface area contributed by atoms with Crippen LogP contribution in [-0.4, -0.2) is 42.9 Å². The van der Waals surface area contributed by atoms with Crippen molar-refractivity contribution in [2.45, 2.75) is 70.4 Å². The third-order valence-corrected chi connectivity index (χ3v) is 7.90. The number of carbonyl (C=O) groups is 1. The van der Waals surface area contributed by atoms with Crippen LogP contribution >= 0.6 is 0 Å². The summed E-state index contributed by atoms with van der Waals surface area (Å²) in [5, 5.41) is 9.71. The number of hydrogen-bond donors (Lipinski definition) is 2. The van der Waals surface area contributed by atoms with Crippen molar-refractivity contribution >= 4 is 5.97 Å². The van der Waals surface area contributed by atoms with Gasteiger partial charge in [-0.2, -0.15) is 0 Å². The van der Waals surface area contributed by atoms with Gasteiger partial charge in [0.25, 0.3) is 0 Å². The number of esters is 1. The van der Waals surface area contributed by atoms with Crippen LogP contribution in [-0.2, 0) is 9.53 Å². The molecule has 0 radical (unpaired) electrons. The van der Waals surface area contributed by atoms with E-state index in [1.165, 1.54) is 36.2 Å². The maximum atomic E-state index is 12.7. The Morgan fingerprint density at radius 1 is 1.36 bits per heavy atom. The van der Waals surface area contributed by atoms with E-state index in [1.807, 2.05) is 0 Å². The van der Waals surface area contributed by atoms with Crippen LogP contribution < -0.4 is 4.90 Å². The Labute approximate surface area is 151 Å². The number of aliphatic hydroxyl groups excluding tert-OH is 1. The van der Waals surface area contributed by atoms with E-state index < -0.39 is 0 Å². The lowest BCUT2D eigenvalue weighted by atomic mass is 9.55. The maximum absolute atomic E-state index is 12.7. The number of hydrogen-bond acceptors (Lipinski definition) is 3. The van der Waals surface area contributed by atoms with Crippen molar-refractivity contribution in [1.29, 1.82) is 0 Å². The van der Waals surface area contributed by atoms with Gasteiger partial charge in [-0.3, -0.25) is 4.79 Å². The zero-order chi connectivity index (χ0) is 17.6. The average molecular weight is 349 g/mol. The lowest BCUT2D eigenvalue weighted by Crippen LogP contribution is -3.17. The van der Waals surface area contributed by atoms with Gasteiger partial charge in [0.05, 0.1) is 19.7 Å². The largest absolute Gasteiger partial charge is 0.462 e. The van der Waals surface area contributed by atoms with Gasteiger partial charge in [-0.1, -0.05) is 19.1 Å². The molecule has 4 rings (SSSR count). The normalized spacial score (nSPS) is 47.1. The van der Waals surface area contributed by atoms with E-state index in [2.05, 4.69) is 13.5 Å². The third kappa shape index (κ3) is 3.06. The molecule has 0 spiro atoms. The Morgan fingerprint density at radius 3 is 3.00 bits per heavy atom. The average Bonchev–Trinajstić information content (AvgIpc) is 2.88. The molecule has 4 heteroatoms. The number of quaternary nitrogens is 1.